The van der Waals surface area contributed by atoms with E-state index < -0.39 is 0 Å². The Hall–Kier alpha value is -0.770. The summed E-state index contributed by atoms with van der Waals surface area (Å²) in [6.45, 7) is 2.15. The average molecular weight is 340 g/mol. The fourth-order valence-corrected chi connectivity index (χ4v) is 3.15. The van der Waals surface area contributed by atoms with Gasteiger partial charge in [0, 0.05) is 30.4 Å². The van der Waals surface area contributed by atoms with Gasteiger partial charge in [-0.2, -0.15) is 0 Å². The lowest BCUT2D eigenvalue weighted by molar-refractivity contribution is 0.331. The standard InChI is InChI=1S/C10H14BrN3.C6H12/c1-3-10-13-9-4-7(6-14(10)2)8(11)5-12-9;1-2-4-6-5-3-1/h5-6,10H,3-4H2,1-2H3,(H,12,13);1-6H2. The third kappa shape index (κ3) is 4.37. The summed E-state index contributed by atoms with van der Waals surface area (Å²) < 4.78 is 1.13. The summed E-state index contributed by atoms with van der Waals surface area (Å²) in [5.74, 6) is 1.07. The fourth-order valence-electron chi connectivity index (χ4n) is 2.79. The highest BCUT2D eigenvalue weighted by Crippen LogP contribution is 2.27. The number of nitrogens with one attached hydrogen (secondary N) is 1. The van der Waals surface area contributed by atoms with Crippen LogP contribution >= 0.6 is 15.9 Å². The second-order valence-corrected chi connectivity index (χ2v) is 6.57. The van der Waals surface area contributed by atoms with Crippen LogP contribution in [0.4, 0.5) is 0 Å². The van der Waals surface area contributed by atoms with Gasteiger partial charge in [0.25, 0.3) is 0 Å². The molecule has 2 heterocycles. The molecule has 3 aliphatic rings. The summed E-state index contributed by atoms with van der Waals surface area (Å²) in [7, 11) is 2.08. The first kappa shape index (κ1) is 15.6. The molecule has 1 unspecified atom stereocenters. The van der Waals surface area contributed by atoms with E-state index in [0.717, 1.165) is 23.2 Å². The number of aliphatic imine (C=N–C) groups is 1. The number of nitrogens with zero attached hydrogens (tertiary/aromatic N) is 2. The van der Waals surface area contributed by atoms with Crippen molar-refractivity contribution in [2.45, 2.75) is 64.5 Å². The highest BCUT2D eigenvalue weighted by atomic mass is 79.9. The Morgan fingerprint density at radius 1 is 1.25 bits per heavy atom. The van der Waals surface area contributed by atoms with Gasteiger partial charge in [0.05, 0.1) is 0 Å². The van der Waals surface area contributed by atoms with Gasteiger partial charge in [-0.1, -0.05) is 45.4 Å². The SMILES string of the molecule is C1CCCCC1.CCC1N=C2CC(=CN1C)C(Br)=CN2. The molecule has 4 heteroatoms. The molecule has 0 spiro atoms. The second kappa shape index (κ2) is 7.87. The molecule has 0 aromatic rings. The van der Waals surface area contributed by atoms with Gasteiger partial charge in [-0.05, 0) is 27.9 Å². The Labute approximate surface area is 131 Å². The molecule has 0 saturated heterocycles. The maximum atomic E-state index is 4.64. The molecular weight excluding hydrogens is 314 g/mol. The van der Waals surface area contributed by atoms with Gasteiger partial charge < -0.3 is 10.2 Å². The zero-order valence-corrected chi connectivity index (χ0v) is 14.2. The highest BCUT2D eigenvalue weighted by molar-refractivity contribution is 9.12. The lowest BCUT2D eigenvalue weighted by Crippen LogP contribution is -2.26. The predicted octanol–water partition coefficient (Wildman–Crippen LogP) is 4.52. The Morgan fingerprint density at radius 3 is 2.40 bits per heavy atom. The quantitative estimate of drug-likeness (QED) is 0.760. The van der Waals surface area contributed by atoms with Gasteiger partial charge in [0.2, 0.25) is 0 Å². The Balaban J connectivity index is 0.000000205. The molecule has 1 aliphatic carbocycles. The number of halogens is 1. The molecule has 1 N–H and O–H groups in total. The van der Waals surface area contributed by atoms with Crippen molar-refractivity contribution in [1.82, 2.24) is 10.2 Å². The first-order valence-electron chi connectivity index (χ1n) is 7.82. The van der Waals surface area contributed by atoms with Crippen LogP contribution in [-0.4, -0.2) is 23.9 Å². The van der Waals surface area contributed by atoms with Crippen molar-refractivity contribution < 1.29 is 0 Å². The van der Waals surface area contributed by atoms with Crippen molar-refractivity contribution in [3.8, 4) is 0 Å². The molecular formula is C16H26BrN3. The molecule has 3 rings (SSSR count). The molecule has 0 aromatic carbocycles. The number of amidine groups is 1. The van der Waals surface area contributed by atoms with Crippen LogP contribution in [0.1, 0.15) is 58.3 Å². The molecule has 2 aliphatic heterocycles. The van der Waals surface area contributed by atoms with E-state index in [1.165, 1.54) is 44.1 Å². The van der Waals surface area contributed by atoms with E-state index >= 15 is 0 Å². The normalized spacial score (nSPS) is 25.2. The summed E-state index contributed by atoms with van der Waals surface area (Å²) in [6.07, 6.45) is 15.3. The molecule has 1 atom stereocenters. The van der Waals surface area contributed by atoms with Crippen molar-refractivity contribution in [2.75, 3.05) is 7.05 Å². The van der Waals surface area contributed by atoms with Gasteiger partial charge in [-0.3, -0.25) is 0 Å². The number of rotatable bonds is 1. The summed E-state index contributed by atoms with van der Waals surface area (Å²) in [5.41, 5.74) is 1.29. The minimum absolute atomic E-state index is 0.266. The lowest BCUT2D eigenvalue weighted by Gasteiger charge is -2.20. The molecule has 0 amide bonds. The molecule has 0 aromatic heterocycles. The maximum Gasteiger partial charge on any atom is 0.122 e. The molecule has 1 fully saturated rings. The molecule has 0 radical (unpaired) electrons. The van der Waals surface area contributed by atoms with E-state index in [1.54, 1.807) is 0 Å². The number of hydrogen-bond donors (Lipinski definition) is 1. The summed E-state index contributed by atoms with van der Waals surface area (Å²) in [4.78, 5) is 6.81. The zero-order valence-electron chi connectivity index (χ0n) is 12.7. The third-order valence-electron chi connectivity index (χ3n) is 4.03. The van der Waals surface area contributed by atoms with Crippen molar-refractivity contribution in [1.29, 1.82) is 0 Å². The van der Waals surface area contributed by atoms with E-state index in [2.05, 4.69) is 51.3 Å². The Kier molecular flexibility index (Phi) is 6.14. The third-order valence-corrected chi connectivity index (χ3v) is 4.77. The summed E-state index contributed by atoms with van der Waals surface area (Å²) in [5, 5.41) is 3.20. The first-order chi connectivity index (χ1) is 9.70. The van der Waals surface area contributed by atoms with E-state index in [0.29, 0.717) is 0 Å². The molecule has 2 bridgehead atoms. The minimum Gasteiger partial charge on any atom is -0.359 e. The number of hydrogen-bond acceptors (Lipinski definition) is 3. The maximum absolute atomic E-state index is 4.64. The van der Waals surface area contributed by atoms with Crippen LogP contribution in [-0.2, 0) is 0 Å². The van der Waals surface area contributed by atoms with Gasteiger partial charge in [0.1, 0.15) is 12.0 Å². The fraction of sp³-hybridized carbons (Fsp3) is 0.688. The molecule has 112 valence electrons. The van der Waals surface area contributed by atoms with Crippen LogP contribution in [0.5, 0.6) is 0 Å². The van der Waals surface area contributed by atoms with Gasteiger partial charge in [0.15, 0.2) is 0 Å². The minimum atomic E-state index is 0.266. The smallest absolute Gasteiger partial charge is 0.122 e. The summed E-state index contributed by atoms with van der Waals surface area (Å²) >= 11 is 3.53. The van der Waals surface area contributed by atoms with Gasteiger partial charge >= 0.3 is 0 Å². The van der Waals surface area contributed by atoms with Gasteiger partial charge in [-0.15, -0.1) is 0 Å². The molecule has 20 heavy (non-hydrogen) atoms. The highest BCUT2D eigenvalue weighted by Gasteiger charge is 2.20. The summed E-state index contributed by atoms with van der Waals surface area (Å²) in [6, 6.07) is 0. The van der Waals surface area contributed by atoms with Crippen molar-refractivity contribution in [3.05, 3.63) is 22.5 Å². The van der Waals surface area contributed by atoms with Gasteiger partial charge in [-0.25, -0.2) is 4.99 Å². The van der Waals surface area contributed by atoms with Crippen molar-refractivity contribution in [3.63, 3.8) is 0 Å². The largest absolute Gasteiger partial charge is 0.359 e. The average Bonchev–Trinajstić information content (AvgIpc) is 2.63. The van der Waals surface area contributed by atoms with Crippen LogP contribution in [0.25, 0.3) is 0 Å². The predicted molar refractivity (Wildman–Crippen MR) is 89.8 cm³/mol. The second-order valence-electron chi connectivity index (χ2n) is 5.72. The van der Waals surface area contributed by atoms with E-state index in [1.807, 2.05) is 6.20 Å². The van der Waals surface area contributed by atoms with Crippen LogP contribution in [0, 0.1) is 0 Å². The Morgan fingerprint density at radius 2 is 1.85 bits per heavy atom. The number of allylic oxidation sites excluding steroid dienone is 1. The topological polar surface area (TPSA) is 27.6 Å². The van der Waals surface area contributed by atoms with Crippen molar-refractivity contribution >= 4 is 21.8 Å². The van der Waals surface area contributed by atoms with Crippen LogP contribution in [0.3, 0.4) is 0 Å². The Bertz CT molecular complexity index is 396. The van der Waals surface area contributed by atoms with E-state index in [4.69, 9.17) is 0 Å². The lowest BCUT2D eigenvalue weighted by atomic mass is 10.0. The molecule has 1 saturated carbocycles. The monoisotopic (exact) mass is 339 g/mol. The zero-order chi connectivity index (χ0) is 14.4. The van der Waals surface area contributed by atoms with E-state index in [9.17, 15) is 0 Å². The van der Waals surface area contributed by atoms with Crippen molar-refractivity contribution in [2.24, 2.45) is 4.99 Å². The van der Waals surface area contributed by atoms with E-state index in [-0.39, 0.29) is 6.17 Å². The van der Waals surface area contributed by atoms with Crippen LogP contribution in [0.2, 0.25) is 0 Å². The molecule has 3 nitrogen and oxygen atoms in total. The first-order valence-corrected chi connectivity index (χ1v) is 8.62. The van der Waals surface area contributed by atoms with Crippen LogP contribution in [0.15, 0.2) is 27.4 Å². The number of fused-ring (bicyclic) bond motifs is 2. The van der Waals surface area contributed by atoms with Crippen LogP contribution < -0.4 is 5.32 Å².